The van der Waals surface area contributed by atoms with Crippen LogP contribution in [-0.2, 0) is 10.2 Å². The summed E-state index contributed by atoms with van der Waals surface area (Å²) in [5.41, 5.74) is 0.113. The van der Waals surface area contributed by atoms with E-state index in [0.29, 0.717) is 18.6 Å². The van der Waals surface area contributed by atoms with Crippen LogP contribution in [0.1, 0.15) is 24.8 Å². The Balaban J connectivity index is 2.18. The lowest BCUT2D eigenvalue weighted by Crippen LogP contribution is -2.41. The first-order valence-electron chi connectivity index (χ1n) is 6.30. The van der Waals surface area contributed by atoms with Gasteiger partial charge in [-0.05, 0) is 18.4 Å². The first kappa shape index (κ1) is 11.2. The van der Waals surface area contributed by atoms with E-state index in [-0.39, 0.29) is 11.3 Å². The van der Waals surface area contributed by atoms with Crippen molar-refractivity contribution in [2.75, 3.05) is 0 Å². The van der Waals surface area contributed by atoms with E-state index >= 15 is 0 Å². The van der Waals surface area contributed by atoms with Gasteiger partial charge < -0.3 is 0 Å². The van der Waals surface area contributed by atoms with Gasteiger partial charge in [-0.15, -0.1) is 6.58 Å². The van der Waals surface area contributed by atoms with E-state index in [4.69, 9.17) is 0 Å². The molecule has 2 saturated carbocycles. The zero-order valence-electron chi connectivity index (χ0n) is 10.2. The summed E-state index contributed by atoms with van der Waals surface area (Å²) in [7, 11) is 0. The molecule has 1 aromatic carbocycles. The lowest BCUT2D eigenvalue weighted by molar-refractivity contribution is -0.122. The second-order valence-electron chi connectivity index (χ2n) is 5.49. The van der Waals surface area contributed by atoms with Crippen molar-refractivity contribution < 1.29 is 4.79 Å². The van der Waals surface area contributed by atoms with E-state index in [1.54, 1.807) is 0 Å². The van der Waals surface area contributed by atoms with E-state index in [2.05, 4.69) is 12.6 Å². The van der Waals surface area contributed by atoms with Gasteiger partial charge in [0.2, 0.25) is 0 Å². The van der Waals surface area contributed by atoms with Crippen molar-refractivity contribution >= 4 is 5.78 Å². The molecule has 2 aliphatic rings. The van der Waals surface area contributed by atoms with Crippen LogP contribution in [0.15, 0.2) is 43.0 Å². The van der Waals surface area contributed by atoms with Gasteiger partial charge in [0, 0.05) is 17.8 Å². The molecular formula is C16H15NO. The normalized spacial score (nSPS) is 37.5. The minimum absolute atomic E-state index is 0.0443. The Labute approximate surface area is 107 Å². The number of ketones is 1. The average molecular weight is 237 g/mol. The molecular weight excluding hydrogens is 222 g/mol. The number of Topliss-reactive ketones (excluding diaryl/α,β-unsaturated/α-hetero) is 1. The van der Waals surface area contributed by atoms with Crippen LogP contribution in [-0.4, -0.2) is 5.78 Å². The first-order valence-corrected chi connectivity index (χ1v) is 6.30. The maximum absolute atomic E-state index is 11.9. The third kappa shape index (κ3) is 1.14. The highest BCUT2D eigenvalue weighted by Crippen LogP contribution is 2.64. The highest BCUT2D eigenvalue weighted by Gasteiger charge is 2.64. The Morgan fingerprint density at radius 1 is 1.33 bits per heavy atom. The van der Waals surface area contributed by atoms with Gasteiger partial charge in [-0.25, -0.2) is 0 Å². The Morgan fingerprint density at radius 2 is 2.06 bits per heavy atom. The molecule has 0 heterocycles. The quantitative estimate of drug-likeness (QED) is 0.742. The van der Waals surface area contributed by atoms with Crippen molar-refractivity contribution in [3.05, 3.63) is 48.6 Å². The number of rotatable bonds is 2. The van der Waals surface area contributed by atoms with Crippen LogP contribution >= 0.6 is 0 Å². The number of carbonyl (C=O) groups excluding carboxylic acids is 1. The molecule has 0 saturated heterocycles. The van der Waals surface area contributed by atoms with Crippen LogP contribution in [0.5, 0.6) is 0 Å². The van der Waals surface area contributed by atoms with Crippen LogP contribution in [0.4, 0.5) is 0 Å². The number of nitrogens with zero attached hydrogens (tertiary/aromatic N) is 1. The predicted molar refractivity (Wildman–Crippen MR) is 68.7 cm³/mol. The average Bonchev–Trinajstić information content (AvgIpc) is 2.92. The molecule has 0 radical (unpaired) electrons. The first-order chi connectivity index (χ1) is 8.67. The van der Waals surface area contributed by atoms with Gasteiger partial charge in [-0.1, -0.05) is 36.4 Å². The SMILES string of the molecule is C=C[C@@]12CC(=O)[C@H](C1)C[C@]2(C#N)c1ccccc1. The fraction of sp³-hybridized carbons (Fsp3) is 0.375. The van der Waals surface area contributed by atoms with E-state index in [0.717, 1.165) is 12.0 Å². The third-order valence-electron chi connectivity index (χ3n) is 4.81. The molecule has 2 nitrogen and oxygen atoms in total. The number of fused-ring (bicyclic) bond motifs is 2. The smallest absolute Gasteiger partial charge is 0.137 e. The second-order valence-corrected chi connectivity index (χ2v) is 5.49. The maximum Gasteiger partial charge on any atom is 0.137 e. The van der Waals surface area contributed by atoms with Gasteiger partial charge in [0.15, 0.2) is 0 Å². The molecule has 3 rings (SSSR count). The Kier molecular flexibility index (Phi) is 2.22. The molecule has 18 heavy (non-hydrogen) atoms. The van der Waals surface area contributed by atoms with E-state index in [1.807, 2.05) is 36.4 Å². The summed E-state index contributed by atoms with van der Waals surface area (Å²) in [5, 5.41) is 9.77. The van der Waals surface area contributed by atoms with Crippen LogP contribution in [0.3, 0.4) is 0 Å². The molecule has 0 unspecified atom stereocenters. The number of hydrogen-bond acceptors (Lipinski definition) is 2. The van der Waals surface area contributed by atoms with E-state index in [9.17, 15) is 10.1 Å². The molecule has 2 aliphatic carbocycles. The van der Waals surface area contributed by atoms with Crippen molar-refractivity contribution in [1.82, 2.24) is 0 Å². The van der Waals surface area contributed by atoms with Gasteiger partial charge in [0.1, 0.15) is 5.78 Å². The lowest BCUT2D eigenvalue weighted by atomic mass is 9.60. The standard InChI is InChI=1S/C16H15NO/c1-2-15-8-12(14(18)10-15)9-16(15,11-17)13-6-4-3-5-7-13/h2-7,12H,1,8-10H2/t12-,15+,16+/m1/s1. The van der Waals surface area contributed by atoms with E-state index < -0.39 is 5.41 Å². The summed E-state index contributed by atoms with van der Waals surface area (Å²) in [6, 6.07) is 12.4. The zero-order chi connectivity index (χ0) is 12.8. The largest absolute Gasteiger partial charge is 0.299 e. The van der Waals surface area contributed by atoms with Gasteiger partial charge in [-0.3, -0.25) is 4.79 Å². The number of nitriles is 1. The van der Waals surface area contributed by atoms with Gasteiger partial charge in [0.25, 0.3) is 0 Å². The van der Waals surface area contributed by atoms with Crippen molar-refractivity contribution in [3.8, 4) is 6.07 Å². The third-order valence-corrected chi connectivity index (χ3v) is 4.81. The monoisotopic (exact) mass is 237 g/mol. The van der Waals surface area contributed by atoms with Crippen molar-refractivity contribution in [3.63, 3.8) is 0 Å². The second kappa shape index (κ2) is 3.55. The Hall–Kier alpha value is -1.88. The summed E-state index contributed by atoms with van der Waals surface area (Å²) in [4.78, 5) is 11.9. The summed E-state index contributed by atoms with van der Waals surface area (Å²) in [6.45, 7) is 3.91. The number of hydrogen-bond donors (Lipinski definition) is 0. The zero-order valence-corrected chi connectivity index (χ0v) is 10.2. The maximum atomic E-state index is 11.9. The summed E-state index contributed by atoms with van der Waals surface area (Å²) >= 11 is 0. The molecule has 90 valence electrons. The summed E-state index contributed by atoms with van der Waals surface area (Å²) in [5.74, 6) is 0.347. The highest BCUT2D eigenvalue weighted by molar-refractivity contribution is 5.87. The fourth-order valence-corrected chi connectivity index (χ4v) is 3.84. The molecule has 0 amide bonds. The molecule has 1 aromatic rings. The predicted octanol–water partition coefficient (Wildman–Crippen LogP) is 3.00. The molecule has 0 N–H and O–H groups in total. The topological polar surface area (TPSA) is 40.9 Å². The number of benzene rings is 1. The Morgan fingerprint density at radius 3 is 2.61 bits per heavy atom. The van der Waals surface area contributed by atoms with Crippen molar-refractivity contribution in [1.29, 1.82) is 5.26 Å². The molecule has 2 bridgehead atoms. The van der Waals surface area contributed by atoms with Crippen LogP contribution in [0.25, 0.3) is 0 Å². The summed E-state index contributed by atoms with van der Waals surface area (Å²) < 4.78 is 0. The number of allylic oxidation sites excluding steroid dienone is 1. The fourth-order valence-electron chi connectivity index (χ4n) is 3.84. The van der Waals surface area contributed by atoms with Crippen LogP contribution in [0, 0.1) is 22.7 Å². The minimum Gasteiger partial charge on any atom is -0.299 e. The Bertz CT molecular complexity index is 556. The van der Waals surface area contributed by atoms with Gasteiger partial charge in [0.05, 0.1) is 11.5 Å². The highest BCUT2D eigenvalue weighted by atomic mass is 16.1. The van der Waals surface area contributed by atoms with Crippen molar-refractivity contribution in [2.24, 2.45) is 11.3 Å². The van der Waals surface area contributed by atoms with Gasteiger partial charge in [-0.2, -0.15) is 5.26 Å². The molecule has 0 aromatic heterocycles. The lowest BCUT2D eigenvalue weighted by Gasteiger charge is -2.39. The molecule has 2 heteroatoms. The summed E-state index contributed by atoms with van der Waals surface area (Å²) in [6.07, 6.45) is 3.77. The van der Waals surface area contributed by atoms with Crippen LogP contribution in [0.2, 0.25) is 0 Å². The molecule has 3 atom stereocenters. The minimum atomic E-state index is -0.561. The van der Waals surface area contributed by atoms with E-state index in [1.165, 1.54) is 0 Å². The van der Waals surface area contributed by atoms with Crippen molar-refractivity contribution in [2.45, 2.75) is 24.7 Å². The molecule has 0 spiro atoms. The van der Waals surface area contributed by atoms with Gasteiger partial charge >= 0.3 is 0 Å². The molecule has 0 aliphatic heterocycles. The number of carbonyl (C=O) groups is 1. The molecule has 2 fully saturated rings. The van der Waals surface area contributed by atoms with Crippen LogP contribution < -0.4 is 0 Å².